The van der Waals surface area contributed by atoms with Crippen molar-refractivity contribution in [3.8, 4) is 78.1 Å². The Hall–Kier alpha value is -9.70. The summed E-state index contributed by atoms with van der Waals surface area (Å²) in [7, 11) is 0. The van der Waals surface area contributed by atoms with Crippen LogP contribution in [0.2, 0.25) is 0 Å². The summed E-state index contributed by atoms with van der Waals surface area (Å²) >= 11 is 0. The largest absolute Gasteiger partial charge is 0.416 e. The molecule has 0 atom stereocenters. The minimum Gasteiger partial charge on any atom is -0.309 e. The summed E-state index contributed by atoms with van der Waals surface area (Å²) in [4.78, 5) is 4.24. The molecule has 13 rings (SSSR count). The minimum atomic E-state index is -4.49. The Morgan fingerprint density at radius 1 is 0.313 bits per heavy atom. The van der Waals surface area contributed by atoms with E-state index in [1.54, 1.807) is 13.0 Å². The molecule has 0 fully saturated rings. The van der Waals surface area contributed by atoms with E-state index in [0.717, 1.165) is 117 Å². The molecule has 83 heavy (non-hydrogen) atoms. The van der Waals surface area contributed by atoms with Crippen molar-refractivity contribution < 1.29 is 13.2 Å². The first-order valence-electron chi connectivity index (χ1n) is 28.2. The number of aromatic nitrogens is 2. The Labute approximate surface area is 483 Å². The van der Waals surface area contributed by atoms with E-state index in [9.17, 15) is 13.2 Å². The van der Waals surface area contributed by atoms with Gasteiger partial charge in [0.1, 0.15) is 0 Å². The first kappa shape index (κ1) is 52.7. The van der Waals surface area contributed by atoms with E-state index in [1.165, 1.54) is 50.6 Å². The SMILES string of the molecule is [C-]#[N+]c1ccc(-n2c3ccc(-c4cc(C)cc(C)c4)cc3c3cc(-c4cc(C)cc(C)c4)ccc32)cc1-c1cc(-c2ccc(C(F)(F)F)cc2C)ccc1-n1c2ccc(-c3cc(C)cc(C)c3)cc2c2cc(-c3cc(C)cc(C)c3)ccc21. The van der Waals surface area contributed by atoms with Crippen LogP contribution in [-0.4, -0.2) is 9.13 Å². The molecule has 0 aliphatic rings. The monoisotopic (exact) mass is 1080 g/mol. The van der Waals surface area contributed by atoms with E-state index in [2.05, 4.69) is 233 Å². The van der Waals surface area contributed by atoms with E-state index in [-0.39, 0.29) is 0 Å². The van der Waals surface area contributed by atoms with Crippen molar-refractivity contribution in [3.05, 3.63) is 267 Å². The zero-order valence-electron chi connectivity index (χ0n) is 48.0. The predicted molar refractivity (Wildman–Crippen MR) is 342 cm³/mol. The number of rotatable bonds is 8. The molecule has 0 N–H and O–H groups in total. The van der Waals surface area contributed by atoms with Gasteiger partial charge in [0.05, 0.1) is 39.9 Å². The Bertz CT molecular complexity index is 4600. The van der Waals surface area contributed by atoms with Crippen LogP contribution in [-0.2, 0) is 6.18 Å². The second-order valence-corrected chi connectivity index (χ2v) is 23.2. The number of fused-ring (bicyclic) bond motifs is 6. The Morgan fingerprint density at radius 3 is 1.05 bits per heavy atom. The number of hydrogen-bond donors (Lipinski definition) is 0. The average Bonchev–Trinajstić information content (AvgIpc) is 2.74. The maximum Gasteiger partial charge on any atom is 0.416 e. The number of nitrogens with zero attached hydrogens (tertiary/aromatic N) is 3. The van der Waals surface area contributed by atoms with Crippen molar-refractivity contribution in [2.75, 3.05) is 0 Å². The summed E-state index contributed by atoms with van der Waals surface area (Å²) in [6.07, 6.45) is -4.49. The highest BCUT2D eigenvalue weighted by molar-refractivity contribution is 6.14. The molecule has 0 radical (unpaired) electrons. The molecule has 404 valence electrons. The third kappa shape index (κ3) is 9.56. The summed E-state index contributed by atoms with van der Waals surface area (Å²) in [5, 5.41) is 4.34. The van der Waals surface area contributed by atoms with E-state index >= 15 is 0 Å². The van der Waals surface area contributed by atoms with Crippen LogP contribution in [0.5, 0.6) is 0 Å². The molecule has 0 amide bonds. The molecule has 0 bridgehead atoms. The van der Waals surface area contributed by atoms with Crippen LogP contribution in [0.1, 0.15) is 55.6 Å². The minimum absolute atomic E-state index is 0.446. The first-order valence-corrected chi connectivity index (χ1v) is 28.2. The van der Waals surface area contributed by atoms with Crippen LogP contribution < -0.4 is 0 Å². The third-order valence-corrected chi connectivity index (χ3v) is 16.5. The molecule has 0 spiro atoms. The van der Waals surface area contributed by atoms with E-state index < -0.39 is 11.7 Å². The molecule has 0 saturated heterocycles. The molecule has 0 aliphatic heterocycles. The van der Waals surface area contributed by atoms with Gasteiger partial charge in [0, 0.05) is 27.2 Å². The molecule has 0 unspecified atom stereocenters. The maximum absolute atomic E-state index is 14.2. The molecule has 13 aromatic rings. The fourth-order valence-electron chi connectivity index (χ4n) is 13.1. The van der Waals surface area contributed by atoms with Crippen LogP contribution in [0.4, 0.5) is 18.9 Å². The summed E-state index contributed by atoms with van der Waals surface area (Å²) in [6.45, 7) is 27.7. The second-order valence-electron chi connectivity index (χ2n) is 23.2. The lowest BCUT2D eigenvalue weighted by Gasteiger charge is -2.19. The number of benzene rings is 11. The summed E-state index contributed by atoms with van der Waals surface area (Å²) < 4.78 is 47.3. The van der Waals surface area contributed by atoms with E-state index in [4.69, 9.17) is 6.57 Å². The van der Waals surface area contributed by atoms with Crippen LogP contribution in [0, 0.1) is 68.9 Å². The normalized spacial score (nSPS) is 11.8. The van der Waals surface area contributed by atoms with Gasteiger partial charge in [-0.1, -0.05) is 160 Å². The summed E-state index contributed by atoms with van der Waals surface area (Å²) in [5.41, 5.74) is 27.4. The Kier molecular flexibility index (Phi) is 12.7. The molecule has 2 aromatic heterocycles. The fraction of sp³-hybridized carbons (Fsp3) is 0.130. The molecular weight excluding hydrogens is 1020 g/mol. The highest BCUT2D eigenvalue weighted by Crippen LogP contribution is 2.46. The van der Waals surface area contributed by atoms with Gasteiger partial charge < -0.3 is 9.13 Å². The van der Waals surface area contributed by atoms with E-state index in [1.807, 2.05) is 18.2 Å². The highest BCUT2D eigenvalue weighted by Gasteiger charge is 2.31. The zero-order chi connectivity index (χ0) is 57.7. The van der Waals surface area contributed by atoms with Crippen LogP contribution >= 0.6 is 0 Å². The number of hydrogen-bond acceptors (Lipinski definition) is 0. The topological polar surface area (TPSA) is 14.2 Å². The second kappa shape index (κ2) is 20.1. The lowest BCUT2D eigenvalue weighted by molar-refractivity contribution is -0.137. The van der Waals surface area contributed by atoms with Gasteiger partial charge >= 0.3 is 6.18 Å². The molecular formula is C77H60F3N3. The lowest BCUT2D eigenvalue weighted by Crippen LogP contribution is -2.05. The summed E-state index contributed by atoms with van der Waals surface area (Å²) in [6, 6.07) is 69.8. The van der Waals surface area contributed by atoms with Crippen molar-refractivity contribution in [1.29, 1.82) is 0 Å². The smallest absolute Gasteiger partial charge is 0.309 e. The van der Waals surface area contributed by atoms with Crippen molar-refractivity contribution in [2.24, 2.45) is 0 Å². The Balaban J connectivity index is 1.08. The third-order valence-electron chi connectivity index (χ3n) is 16.5. The van der Waals surface area contributed by atoms with E-state index in [0.29, 0.717) is 22.4 Å². The van der Waals surface area contributed by atoms with Gasteiger partial charge in [0.2, 0.25) is 0 Å². The molecule has 6 heteroatoms. The fourth-order valence-corrected chi connectivity index (χ4v) is 13.1. The number of aryl methyl sites for hydroxylation is 9. The van der Waals surface area contributed by atoms with Crippen molar-refractivity contribution in [1.82, 2.24) is 9.13 Å². The quantitative estimate of drug-likeness (QED) is 0.135. The molecule has 0 aliphatic carbocycles. The van der Waals surface area contributed by atoms with Crippen LogP contribution in [0.15, 0.2) is 200 Å². The molecule has 0 saturated carbocycles. The number of alkyl halides is 3. The molecule has 11 aromatic carbocycles. The highest BCUT2D eigenvalue weighted by atomic mass is 19.4. The first-order chi connectivity index (χ1) is 39.8. The summed E-state index contributed by atoms with van der Waals surface area (Å²) in [5.74, 6) is 0. The average molecular weight is 1080 g/mol. The van der Waals surface area contributed by atoms with Gasteiger partial charge in [-0.25, -0.2) is 4.85 Å². The van der Waals surface area contributed by atoms with Crippen LogP contribution in [0.3, 0.4) is 0 Å². The predicted octanol–water partition coefficient (Wildman–Crippen LogP) is 22.2. The van der Waals surface area contributed by atoms with Crippen LogP contribution in [0.25, 0.3) is 127 Å². The van der Waals surface area contributed by atoms with Gasteiger partial charge in [-0.2, -0.15) is 13.2 Å². The van der Waals surface area contributed by atoms with Gasteiger partial charge in [-0.15, -0.1) is 0 Å². The Morgan fingerprint density at radius 2 is 0.687 bits per heavy atom. The van der Waals surface area contributed by atoms with Crippen molar-refractivity contribution in [2.45, 2.75) is 68.5 Å². The van der Waals surface area contributed by atoms with Gasteiger partial charge in [0.15, 0.2) is 5.69 Å². The standard InChI is InChI=1S/C77H60F3N3/c1-44-25-45(2)30-58(29-44)53-11-20-72-67(38-53)68-39-54(59-31-46(3)26-47(4)32-59)12-21-73(68)82(72)63-17-19-71(81-10)65(43-63)66-42-57(64-18-16-62(37-52(64)9)77(78,79)80)15-24-74(66)83-75-22-13-55(60-33-48(5)27-49(6)34-60)40-69(75)70-41-56(14-23-76(70)83)61-35-50(7)28-51(8)36-61/h11-43H,1-9H3. The van der Waals surface area contributed by atoms with Gasteiger partial charge in [-0.05, 0) is 220 Å². The van der Waals surface area contributed by atoms with Gasteiger partial charge in [-0.3, -0.25) is 0 Å². The van der Waals surface area contributed by atoms with Crippen molar-refractivity contribution >= 4 is 49.3 Å². The molecule has 3 nitrogen and oxygen atoms in total. The maximum atomic E-state index is 14.2. The van der Waals surface area contributed by atoms with Crippen molar-refractivity contribution in [3.63, 3.8) is 0 Å². The zero-order valence-corrected chi connectivity index (χ0v) is 48.0. The number of halogens is 3. The van der Waals surface area contributed by atoms with Gasteiger partial charge in [0.25, 0.3) is 0 Å². The molecule has 2 heterocycles. The lowest BCUT2D eigenvalue weighted by atomic mass is 9.93.